The van der Waals surface area contributed by atoms with Gasteiger partial charge in [-0.2, -0.15) is 0 Å². The molecule has 0 saturated heterocycles. The maximum atomic E-state index is 9.82. The molecule has 4 rings (SSSR count). The van der Waals surface area contributed by atoms with E-state index in [1.165, 1.54) is 24.0 Å². The number of allylic oxidation sites excluding steroid dienone is 1. The molecule has 0 amide bonds. The lowest BCUT2D eigenvalue weighted by molar-refractivity contribution is 0.0703. The predicted molar refractivity (Wildman–Crippen MR) is 61.3 cm³/mol. The topological polar surface area (TPSA) is 20.2 Å². The van der Waals surface area contributed by atoms with E-state index in [0.29, 0.717) is 11.8 Å². The molecule has 1 nitrogen and oxygen atoms in total. The average Bonchev–Trinajstić information content (AvgIpc) is 2.31. The highest BCUT2D eigenvalue weighted by molar-refractivity contribution is 5.69. The second-order valence-electron chi connectivity index (χ2n) is 4.73. The van der Waals surface area contributed by atoms with Gasteiger partial charge in [-0.25, -0.2) is 0 Å². The Kier molecular flexibility index (Phi) is 2.14. The SMILES string of the molecule is OC1CC2CCC1C=C2c1ccccc1. The van der Waals surface area contributed by atoms with Gasteiger partial charge in [-0.05, 0) is 36.3 Å². The third-order valence-corrected chi connectivity index (χ3v) is 3.81. The number of aliphatic hydroxyl groups excluding tert-OH is 1. The van der Waals surface area contributed by atoms with E-state index < -0.39 is 0 Å². The quantitative estimate of drug-likeness (QED) is 0.739. The van der Waals surface area contributed by atoms with Gasteiger partial charge in [0.15, 0.2) is 0 Å². The van der Waals surface area contributed by atoms with Crippen molar-refractivity contribution in [2.45, 2.75) is 25.4 Å². The minimum Gasteiger partial charge on any atom is -0.392 e. The number of aliphatic hydroxyl groups is 1. The van der Waals surface area contributed by atoms with Crippen LogP contribution >= 0.6 is 0 Å². The molecule has 1 N–H and O–H groups in total. The first-order valence-electron chi connectivity index (χ1n) is 5.80. The fourth-order valence-electron chi connectivity index (χ4n) is 2.98. The van der Waals surface area contributed by atoms with Gasteiger partial charge in [-0.1, -0.05) is 36.4 Å². The van der Waals surface area contributed by atoms with Crippen molar-refractivity contribution in [1.29, 1.82) is 0 Å². The summed E-state index contributed by atoms with van der Waals surface area (Å²) >= 11 is 0. The van der Waals surface area contributed by atoms with E-state index in [2.05, 4.69) is 36.4 Å². The zero-order valence-electron chi connectivity index (χ0n) is 8.76. The van der Waals surface area contributed by atoms with E-state index in [0.717, 1.165) is 6.42 Å². The third-order valence-electron chi connectivity index (χ3n) is 3.81. The molecule has 3 aliphatic rings. The summed E-state index contributed by atoms with van der Waals surface area (Å²) in [5.41, 5.74) is 2.82. The van der Waals surface area contributed by atoms with Gasteiger partial charge in [0.2, 0.25) is 0 Å². The van der Waals surface area contributed by atoms with Crippen LogP contribution in [0.2, 0.25) is 0 Å². The normalized spacial score (nSPS) is 33.9. The summed E-state index contributed by atoms with van der Waals surface area (Å²) < 4.78 is 0. The Morgan fingerprint density at radius 1 is 1.07 bits per heavy atom. The summed E-state index contributed by atoms with van der Waals surface area (Å²) in [7, 11) is 0. The number of benzene rings is 1. The van der Waals surface area contributed by atoms with Gasteiger partial charge in [0.05, 0.1) is 6.10 Å². The lowest BCUT2D eigenvalue weighted by atomic mass is 9.68. The molecule has 1 aromatic rings. The molecule has 3 unspecified atom stereocenters. The standard InChI is InChI=1S/C14H16O/c15-14-9-11-6-7-12(14)8-13(11)10-4-2-1-3-5-10/h1-5,8,11-12,14-15H,6-7,9H2. The van der Waals surface area contributed by atoms with Crippen LogP contribution < -0.4 is 0 Å². The van der Waals surface area contributed by atoms with Gasteiger partial charge in [0, 0.05) is 5.92 Å². The molecule has 2 bridgehead atoms. The van der Waals surface area contributed by atoms with Crippen LogP contribution in [0.1, 0.15) is 24.8 Å². The summed E-state index contributed by atoms with van der Waals surface area (Å²) in [6.45, 7) is 0. The summed E-state index contributed by atoms with van der Waals surface area (Å²) in [6, 6.07) is 10.6. The molecule has 3 aliphatic carbocycles. The highest BCUT2D eigenvalue weighted by atomic mass is 16.3. The Morgan fingerprint density at radius 2 is 1.87 bits per heavy atom. The highest BCUT2D eigenvalue weighted by Crippen LogP contribution is 2.44. The molecule has 0 aliphatic heterocycles. The number of rotatable bonds is 1. The summed E-state index contributed by atoms with van der Waals surface area (Å²) in [4.78, 5) is 0. The molecule has 0 radical (unpaired) electrons. The smallest absolute Gasteiger partial charge is 0.0608 e. The molecular weight excluding hydrogens is 184 g/mol. The second-order valence-corrected chi connectivity index (χ2v) is 4.73. The van der Waals surface area contributed by atoms with Crippen LogP contribution in [0.5, 0.6) is 0 Å². The fourth-order valence-corrected chi connectivity index (χ4v) is 2.98. The maximum absolute atomic E-state index is 9.82. The lowest BCUT2D eigenvalue weighted by Gasteiger charge is -2.39. The molecule has 1 aromatic carbocycles. The maximum Gasteiger partial charge on any atom is 0.0608 e. The molecule has 3 atom stereocenters. The van der Waals surface area contributed by atoms with E-state index in [4.69, 9.17) is 0 Å². The third kappa shape index (κ3) is 1.51. The Bertz CT molecular complexity index is 380. The van der Waals surface area contributed by atoms with Crippen LogP contribution in [0.25, 0.3) is 5.57 Å². The van der Waals surface area contributed by atoms with Crippen LogP contribution in [0.15, 0.2) is 36.4 Å². The zero-order chi connectivity index (χ0) is 10.3. The van der Waals surface area contributed by atoms with Crippen LogP contribution in [0.4, 0.5) is 0 Å². The molecule has 1 heteroatoms. The van der Waals surface area contributed by atoms with E-state index >= 15 is 0 Å². The molecule has 15 heavy (non-hydrogen) atoms. The van der Waals surface area contributed by atoms with Crippen molar-refractivity contribution < 1.29 is 5.11 Å². The molecule has 1 saturated carbocycles. The summed E-state index contributed by atoms with van der Waals surface area (Å²) in [5.74, 6) is 0.998. The van der Waals surface area contributed by atoms with Crippen molar-refractivity contribution in [2.24, 2.45) is 11.8 Å². The lowest BCUT2D eigenvalue weighted by Crippen LogP contribution is -2.33. The van der Waals surface area contributed by atoms with E-state index in [-0.39, 0.29) is 6.10 Å². The second kappa shape index (κ2) is 3.49. The minimum atomic E-state index is -0.0868. The average molecular weight is 200 g/mol. The summed E-state index contributed by atoms with van der Waals surface area (Å²) in [5, 5.41) is 9.82. The number of fused-ring (bicyclic) bond motifs is 2. The number of hydrogen-bond donors (Lipinski definition) is 1. The van der Waals surface area contributed by atoms with Gasteiger partial charge in [0.1, 0.15) is 0 Å². The monoisotopic (exact) mass is 200 g/mol. The molecule has 0 heterocycles. The zero-order valence-corrected chi connectivity index (χ0v) is 8.76. The largest absolute Gasteiger partial charge is 0.392 e. The van der Waals surface area contributed by atoms with Crippen molar-refractivity contribution in [2.75, 3.05) is 0 Å². The fraction of sp³-hybridized carbons (Fsp3) is 0.429. The molecular formula is C14H16O. The minimum absolute atomic E-state index is 0.0868. The molecule has 0 spiro atoms. The van der Waals surface area contributed by atoms with Gasteiger partial charge in [-0.15, -0.1) is 0 Å². The first kappa shape index (κ1) is 9.17. The van der Waals surface area contributed by atoms with Crippen molar-refractivity contribution >= 4 is 5.57 Å². The van der Waals surface area contributed by atoms with Crippen molar-refractivity contribution in [3.63, 3.8) is 0 Å². The molecule has 0 aromatic heterocycles. The first-order chi connectivity index (χ1) is 7.34. The number of hydrogen-bond acceptors (Lipinski definition) is 1. The molecule has 78 valence electrons. The van der Waals surface area contributed by atoms with Crippen molar-refractivity contribution in [1.82, 2.24) is 0 Å². The van der Waals surface area contributed by atoms with Gasteiger partial charge in [0.25, 0.3) is 0 Å². The van der Waals surface area contributed by atoms with Gasteiger partial charge < -0.3 is 5.11 Å². The summed E-state index contributed by atoms with van der Waals surface area (Å²) in [6.07, 6.45) is 5.60. The Morgan fingerprint density at radius 3 is 2.47 bits per heavy atom. The first-order valence-corrected chi connectivity index (χ1v) is 5.80. The Labute approximate surface area is 90.4 Å². The van der Waals surface area contributed by atoms with Crippen molar-refractivity contribution in [3.05, 3.63) is 42.0 Å². The van der Waals surface area contributed by atoms with Crippen LogP contribution in [-0.2, 0) is 0 Å². The highest BCUT2D eigenvalue weighted by Gasteiger charge is 2.35. The van der Waals surface area contributed by atoms with Crippen molar-refractivity contribution in [3.8, 4) is 0 Å². The van der Waals surface area contributed by atoms with Crippen LogP contribution in [0.3, 0.4) is 0 Å². The Hall–Kier alpha value is -1.08. The van der Waals surface area contributed by atoms with Crippen LogP contribution in [-0.4, -0.2) is 11.2 Å². The Balaban J connectivity index is 1.98. The predicted octanol–water partition coefficient (Wildman–Crippen LogP) is 2.86. The van der Waals surface area contributed by atoms with Crippen LogP contribution in [0, 0.1) is 11.8 Å². The van der Waals surface area contributed by atoms with E-state index in [1.807, 2.05) is 0 Å². The molecule has 1 fully saturated rings. The van der Waals surface area contributed by atoms with E-state index in [9.17, 15) is 5.11 Å². The van der Waals surface area contributed by atoms with Gasteiger partial charge in [-0.3, -0.25) is 0 Å². The van der Waals surface area contributed by atoms with E-state index in [1.54, 1.807) is 0 Å². The van der Waals surface area contributed by atoms with Gasteiger partial charge >= 0.3 is 0 Å².